The fraction of sp³-hybridized carbons (Fsp3) is 0.435. The minimum atomic E-state index is -3.80. The lowest BCUT2D eigenvalue weighted by molar-refractivity contribution is -0.122. The fourth-order valence-corrected chi connectivity index (χ4v) is 4.90. The molecule has 9 heteroatoms. The van der Waals surface area contributed by atoms with Crippen molar-refractivity contribution >= 4 is 21.6 Å². The van der Waals surface area contributed by atoms with Crippen molar-refractivity contribution in [3.8, 4) is 5.75 Å². The van der Waals surface area contributed by atoms with Crippen LogP contribution in [0.1, 0.15) is 13.8 Å². The van der Waals surface area contributed by atoms with Gasteiger partial charge in [0.25, 0.3) is 0 Å². The number of hydrogen-bond donors (Lipinski definition) is 2. The zero-order valence-corrected chi connectivity index (χ0v) is 19.6. The van der Waals surface area contributed by atoms with Crippen LogP contribution in [0.15, 0.2) is 59.5 Å². The first kappa shape index (κ1) is 24.0. The molecule has 0 saturated carbocycles. The summed E-state index contributed by atoms with van der Waals surface area (Å²) in [7, 11) is -2.29. The zero-order chi connectivity index (χ0) is 23.1. The normalized spacial score (nSPS) is 16.9. The molecule has 1 aliphatic rings. The minimum Gasteiger partial charge on any atom is -0.497 e. The monoisotopic (exact) mass is 460 g/mol. The lowest BCUT2D eigenvalue weighted by Crippen LogP contribution is -2.53. The summed E-state index contributed by atoms with van der Waals surface area (Å²) in [6.07, 6.45) is 0. The third-order valence-corrected chi connectivity index (χ3v) is 7.28. The van der Waals surface area contributed by atoms with Gasteiger partial charge in [-0.25, -0.2) is 8.42 Å². The van der Waals surface area contributed by atoms with Crippen LogP contribution >= 0.6 is 0 Å². The maximum absolute atomic E-state index is 12.5. The highest BCUT2D eigenvalue weighted by Crippen LogP contribution is 2.17. The number of methoxy groups -OCH3 is 1. The SMILES string of the molecule is COc1ccc(S(=O)(=O)N[C@@H](C)C(=O)NCC(C)N2CCN(c3ccccc3)CC2)cc1. The van der Waals surface area contributed by atoms with E-state index in [9.17, 15) is 13.2 Å². The summed E-state index contributed by atoms with van der Waals surface area (Å²) in [5.74, 6) is 0.213. The minimum absolute atomic E-state index is 0.0857. The Morgan fingerprint density at radius 3 is 2.22 bits per heavy atom. The predicted molar refractivity (Wildman–Crippen MR) is 125 cm³/mol. The van der Waals surface area contributed by atoms with Crippen molar-refractivity contribution in [3.63, 3.8) is 0 Å². The molecule has 2 aromatic rings. The number of piperazine rings is 1. The van der Waals surface area contributed by atoms with Crippen molar-refractivity contribution < 1.29 is 17.9 Å². The molecule has 2 aromatic carbocycles. The topological polar surface area (TPSA) is 91.0 Å². The van der Waals surface area contributed by atoms with E-state index in [1.54, 1.807) is 19.1 Å². The number of para-hydroxylation sites is 1. The number of hydrogen-bond acceptors (Lipinski definition) is 6. The largest absolute Gasteiger partial charge is 0.497 e. The Morgan fingerprint density at radius 2 is 1.62 bits per heavy atom. The fourth-order valence-electron chi connectivity index (χ4n) is 3.70. The molecule has 1 heterocycles. The van der Waals surface area contributed by atoms with Gasteiger partial charge in [-0.05, 0) is 50.2 Å². The highest BCUT2D eigenvalue weighted by atomic mass is 32.2. The summed E-state index contributed by atoms with van der Waals surface area (Å²) < 4.78 is 32.6. The molecular formula is C23H32N4O4S. The summed E-state index contributed by atoms with van der Waals surface area (Å²) in [5, 5.41) is 2.87. The number of nitrogens with zero attached hydrogens (tertiary/aromatic N) is 2. The standard InChI is InChI=1S/C23H32N4O4S/c1-18(26-13-15-27(16-14-26)20-7-5-4-6-8-20)17-24-23(28)19(2)25-32(29,30)22-11-9-21(31-3)10-12-22/h4-12,18-19,25H,13-17H2,1-3H3,(H,24,28)/t18?,19-/m0/s1. The van der Waals surface area contributed by atoms with Crippen LogP contribution in [0, 0.1) is 0 Å². The van der Waals surface area contributed by atoms with Gasteiger partial charge in [0.1, 0.15) is 5.75 Å². The second-order valence-corrected chi connectivity index (χ2v) is 9.69. The molecule has 1 unspecified atom stereocenters. The average Bonchev–Trinajstić information content (AvgIpc) is 2.82. The number of benzene rings is 2. The smallest absolute Gasteiger partial charge is 0.241 e. The number of sulfonamides is 1. The van der Waals surface area contributed by atoms with E-state index in [-0.39, 0.29) is 16.8 Å². The molecule has 0 radical (unpaired) electrons. The van der Waals surface area contributed by atoms with Crippen LogP contribution < -0.4 is 19.7 Å². The van der Waals surface area contributed by atoms with Gasteiger partial charge < -0.3 is 15.0 Å². The molecule has 0 aliphatic carbocycles. The van der Waals surface area contributed by atoms with Gasteiger partial charge in [-0.2, -0.15) is 4.72 Å². The average molecular weight is 461 g/mol. The molecule has 3 rings (SSSR count). The van der Waals surface area contributed by atoms with E-state index in [0.717, 1.165) is 26.2 Å². The van der Waals surface area contributed by atoms with E-state index < -0.39 is 16.1 Å². The molecule has 1 fully saturated rings. The van der Waals surface area contributed by atoms with Gasteiger partial charge >= 0.3 is 0 Å². The highest BCUT2D eigenvalue weighted by molar-refractivity contribution is 7.89. The van der Waals surface area contributed by atoms with E-state index in [1.807, 2.05) is 18.2 Å². The molecule has 1 amide bonds. The maximum atomic E-state index is 12.5. The Balaban J connectivity index is 1.45. The second-order valence-electron chi connectivity index (χ2n) is 7.97. The lowest BCUT2D eigenvalue weighted by atomic mass is 10.2. The maximum Gasteiger partial charge on any atom is 0.241 e. The Labute approximate surface area is 190 Å². The molecule has 1 aliphatic heterocycles. The molecule has 8 nitrogen and oxygen atoms in total. The molecule has 32 heavy (non-hydrogen) atoms. The molecule has 0 bridgehead atoms. The van der Waals surface area contributed by atoms with Gasteiger partial charge in [0.2, 0.25) is 15.9 Å². The van der Waals surface area contributed by atoms with Crippen molar-refractivity contribution in [2.75, 3.05) is 44.7 Å². The van der Waals surface area contributed by atoms with Gasteiger partial charge in [-0.15, -0.1) is 0 Å². The summed E-state index contributed by atoms with van der Waals surface area (Å²) in [5.41, 5.74) is 1.23. The van der Waals surface area contributed by atoms with Crippen LogP contribution in [0.25, 0.3) is 0 Å². The van der Waals surface area contributed by atoms with Crippen LogP contribution in [0.5, 0.6) is 5.75 Å². The molecular weight excluding hydrogens is 428 g/mol. The van der Waals surface area contributed by atoms with Gasteiger partial charge in [0.05, 0.1) is 18.0 Å². The van der Waals surface area contributed by atoms with Crippen molar-refractivity contribution in [1.82, 2.24) is 14.9 Å². The number of anilines is 1. The lowest BCUT2D eigenvalue weighted by Gasteiger charge is -2.39. The number of nitrogens with one attached hydrogen (secondary N) is 2. The van der Waals surface area contributed by atoms with Gasteiger partial charge in [0, 0.05) is 44.5 Å². The van der Waals surface area contributed by atoms with Crippen LogP contribution in [0.3, 0.4) is 0 Å². The van der Waals surface area contributed by atoms with E-state index in [1.165, 1.54) is 24.9 Å². The van der Waals surface area contributed by atoms with Gasteiger partial charge in [-0.3, -0.25) is 9.69 Å². The number of rotatable bonds is 9. The first-order valence-electron chi connectivity index (χ1n) is 10.8. The van der Waals surface area contributed by atoms with Crippen LogP contribution in [0.4, 0.5) is 5.69 Å². The van der Waals surface area contributed by atoms with E-state index in [2.05, 4.69) is 38.9 Å². The summed E-state index contributed by atoms with van der Waals surface area (Å²) >= 11 is 0. The molecule has 2 atom stereocenters. The Morgan fingerprint density at radius 1 is 1.00 bits per heavy atom. The molecule has 0 spiro atoms. The number of carbonyl (C=O) groups excluding carboxylic acids is 1. The molecule has 0 aromatic heterocycles. The third kappa shape index (κ3) is 6.21. The quantitative estimate of drug-likeness (QED) is 0.592. The van der Waals surface area contributed by atoms with E-state index >= 15 is 0 Å². The Kier molecular flexibility index (Phi) is 8.11. The highest BCUT2D eigenvalue weighted by Gasteiger charge is 2.24. The molecule has 174 valence electrons. The van der Waals surface area contributed by atoms with Gasteiger partial charge in [-0.1, -0.05) is 18.2 Å². The molecule has 2 N–H and O–H groups in total. The second kappa shape index (κ2) is 10.8. The summed E-state index contributed by atoms with van der Waals surface area (Å²) in [6, 6.07) is 15.6. The van der Waals surface area contributed by atoms with Crippen LogP contribution in [-0.2, 0) is 14.8 Å². The van der Waals surface area contributed by atoms with Crippen molar-refractivity contribution in [3.05, 3.63) is 54.6 Å². The van der Waals surface area contributed by atoms with Crippen LogP contribution in [-0.4, -0.2) is 71.1 Å². The number of amides is 1. The van der Waals surface area contributed by atoms with Gasteiger partial charge in [0.15, 0.2) is 0 Å². The number of carbonyl (C=O) groups is 1. The van der Waals surface area contributed by atoms with Crippen molar-refractivity contribution in [1.29, 1.82) is 0 Å². The van der Waals surface area contributed by atoms with E-state index in [4.69, 9.17) is 4.74 Å². The van der Waals surface area contributed by atoms with Crippen molar-refractivity contribution in [2.45, 2.75) is 30.8 Å². The van der Waals surface area contributed by atoms with E-state index in [0.29, 0.717) is 12.3 Å². The Bertz CT molecular complexity index is 975. The molecule has 1 saturated heterocycles. The zero-order valence-electron chi connectivity index (χ0n) is 18.8. The predicted octanol–water partition coefficient (Wildman–Crippen LogP) is 1.69. The summed E-state index contributed by atoms with van der Waals surface area (Å²) in [6.45, 7) is 7.75. The first-order valence-corrected chi connectivity index (χ1v) is 12.3. The Hall–Kier alpha value is -2.62. The first-order chi connectivity index (χ1) is 15.3. The van der Waals surface area contributed by atoms with Crippen LogP contribution in [0.2, 0.25) is 0 Å². The number of ether oxygens (including phenoxy) is 1. The summed E-state index contributed by atoms with van der Waals surface area (Å²) in [4.78, 5) is 17.3. The van der Waals surface area contributed by atoms with Crippen molar-refractivity contribution in [2.24, 2.45) is 0 Å². The third-order valence-electron chi connectivity index (χ3n) is 5.73.